The third kappa shape index (κ3) is 2160. The van der Waals surface area contributed by atoms with Crippen molar-refractivity contribution in [1.82, 2.24) is 0 Å². The molecule has 0 aromatic rings. The van der Waals surface area contributed by atoms with Gasteiger partial charge in [0.25, 0.3) is 0 Å². The van der Waals surface area contributed by atoms with E-state index in [4.69, 9.17) is 60.3 Å². The summed E-state index contributed by atoms with van der Waals surface area (Å²) < 4.78 is 0. The van der Waals surface area contributed by atoms with Gasteiger partial charge in [-0.15, -0.1) is 0 Å². The topological polar surface area (TPSA) is 277 Å². The van der Waals surface area contributed by atoms with E-state index in [9.17, 15) is 0 Å². The molecule has 0 unspecified atom stereocenters. The van der Waals surface area contributed by atoms with Crippen LogP contribution in [-0.4, -0.2) is 29.3 Å². The Labute approximate surface area is 148 Å². The fourth-order valence-electron chi connectivity index (χ4n) is 0. The van der Waals surface area contributed by atoms with Crippen LogP contribution in [0.4, 0.5) is 0 Å². The second kappa shape index (κ2) is 36.7. The average Bonchev–Trinajstić information content (AvgIpc) is 1.76. The molecule has 12 nitrogen and oxygen atoms in total. The summed E-state index contributed by atoms with van der Waals surface area (Å²) in [4.78, 5) is 0. The first-order valence-electron chi connectivity index (χ1n) is 2.83. The van der Waals surface area contributed by atoms with Gasteiger partial charge in [0.2, 0.25) is 0 Å². The molecule has 0 fully saturated rings. The van der Waals surface area contributed by atoms with E-state index in [1.165, 1.54) is 0 Å². The molecule has 0 N–H and O–H groups in total. The van der Waals surface area contributed by atoms with Crippen LogP contribution in [0.25, 0.3) is 0 Å². The Morgan fingerprint density at radius 1 is 0.263 bits per heavy atom. The van der Waals surface area contributed by atoms with Crippen LogP contribution >= 0.6 is 0 Å². The molecule has 0 saturated heterocycles. The molecule has 19 heavy (non-hydrogen) atoms. The largest absolute Gasteiger partial charge is 4.00 e. The Kier molecular flexibility index (Phi) is 82.7. The number of hydrogen-bond donors (Lipinski definition) is 0. The van der Waals surface area contributed by atoms with Crippen molar-refractivity contribution in [3.05, 3.63) is 0 Å². The van der Waals surface area contributed by atoms with Gasteiger partial charge in [-0.3, -0.25) is 29.3 Å². The Bertz CT molecular complexity index is 68.0. The standard InChI is InChI=1S/4BO3.3Os/c4*2-1(3)4;;;/q4*-3;3*+4. The molecule has 0 aliphatic rings. The normalized spacial score (nSPS) is 5.68. The van der Waals surface area contributed by atoms with Gasteiger partial charge in [0.05, 0.1) is 0 Å². The molecule has 0 amide bonds. The monoisotopic (exact) mass is 812 g/mol. The fraction of sp³-hybridized carbons (Fsp3) is 0. The van der Waals surface area contributed by atoms with Gasteiger partial charge in [-0.05, 0) is 0 Å². The van der Waals surface area contributed by atoms with Crippen molar-refractivity contribution in [3.8, 4) is 0 Å². The van der Waals surface area contributed by atoms with E-state index in [0.29, 0.717) is 0 Å². The van der Waals surface area contributed by atoms with Gasteiger partial charge in [0.15, 0.2) is 0 Å². The van der Waals surface area contributed by atoms with E-state index < -0.39 is 29.3 Å². The first-order chi connectivity index (χ1) is 6.93. The predicted octanol–water partition coefficient (Wildman–Crippen LogP) is -15.8. The molecule has 0 atom stereocenters. The fourth-order valence-corrected chi connectivity index (χ4v) is 0. The molecule has 0 spiro atoms. The second-order valence-electron chi connectivity index (χ2n) is 1.15. The summed E-state index contributed by atoms with van der Waals surface area (Å²) in [5.74, 6) is 0. The van der Waals surface area contributed by atoms with Gasteiger partial charge in [0, 0.05) is 0 Å². The van der Waals surface area contributed by atoms with Crippen LogP contribution in [0.3, 0.4) is 0 Å². The Hall–Kier alpha value is 1.69. The summed E-state index contributed by atoms with van der Waals surface area (Å²) in [6.45, 7) is 0. The van der Waals surface area contributed by atoms with Crippen molar-refractivity contribution in [2.45, 2.75) is 0 Å². The summed E-state index contributed by atoms with van der Waals surface area (Å²) in [6.07, 6.45) is 0. The van der Waals surface area contributed by atoms with E-state index in [2.05, 4.69) is 0 Å². The van der Waals surface area contributed by atoms with Crippen LogP contribution in [-0.2, 0) is 59.4 Å². The molecule has 0 rings (SSSR count). The summed E-state index contributed by atoms with van der Waals surface area (Å²) in [5, 5.41) is 101. The third-order valence-electron chi connectivity index (χ3n) is 0. The van der Waals surface area contributed by atoms with Crippen molar-refractivity contribution in [2.75, 3.05) is 0 Å². The maximum atomic E-state index is 8.42. The van der Waals surface area contributed by atoms with E-state index in [-0.39, 0.29) is 59.4 Å². The SMILES string of the molecule is [O-]B([O-])[O-].[O-]B([O-])[O-].[O-]B([O-])[O-].[O-]B([O-])[O-].[Os+4].[Os+4].[Os+4]. The molecule has 0 aliphatic heterocycles. The summed E-state index contributed by atoms with van der Waals surface area (Å²) in [7, 11) is -11.7. The van der Waals surface area contributed by atoms with Crippen molar-refractivity contribution in [3.63, 3.8) is 0 Å². The first-order valence-corrected chi connectivity index (χ1v) is 2.83. The van der Waals surface area contributed by atoms with Crippen LogP contribution in [0.15, 0.2) is 0 Å². The van der Waals surface area contributed by atoms with Crippen LogP contribution in [0.1, 0.15) is 0 Å². The Morgan fingerprint density at radius 2 is 0.263 bits per heavy atom. The second-order valence-corrected chi connectivity index (χ2v) is 1.15. The van der Waals surface area contributed by atoms with Crippen molar-refractivity contribution in [2.24, 2.45) is 0 Å². The average molecular weight is 806 g/mol. The molecule has 0 aromatic carbocycles. The van der Waals surface area contributed by atoms with Crippen LogP contribution < -0.4 is 60.3 Å². The zero-order valence-corrected chi connectivity index (χ0v) is 15.9. The molecule has 0 radical (unpaired) electrons. The predicted molar refractivity (Wildman–Crippen MR) is 23.0 cm³/mol. The van der Waals surface area contributed by atoms with Crippen LogP contribution in [0.2, 0.25) is 0 Å². The summed E-state index contributed by atoms with van der Waals surface area (Å²) in [5.41, 5.74) is 0. The Balaban J connectivity index is -0.0000000192. The molecule has 19 heteroatoms. The molecular weight excluding hydrogens is 806 g/mol. The van der Waals surface area contributed by atoms with Gasteiger partial charge in [0.1, 0.15) is 0 Å². The summed E-state index contributed by atoms with van der Waals surface area (Å²) >= 11 is 0. The van der Waals surface area contributed by atoms with Crippen LogP contribution in [0, 0.1) is 0 Å². The molecule has 0 aliphatic carbocycles. The molecular formula is B4O12Os3. The van der Waals surface area contributed by atoms with Crippen molar-refractivity contribution < 1.29 is 120 Å². The molecule has 0 heterocycles. The van der Waals surface area contributed by atoms with Crippen LogP contribution in [0.5, 0.6) is 0 Å². The minimum Gasteiger partial charge on any atom is -0.907 e. The zero-order valence-electron chi connectivity index (χ0n) is 8.27. The van der Waals surface area contributed by atoms with E-state index in [1.807, 2.05) is 0 Å². The number of rotatable bonds is 0. The van der Waals surface area contributed by atoms with Gasteiger partial charge in [-0.2, -0.15) is 0 Å². The van der Waals surface area contributed by atoms with Gasteiger partial charge >= 0.3 is 59.4 Å². The van der Waals surface area contributed by atoms with E-state index >= 15 is 0 Å². The number of hydrogen-bond acceptors (Lipinski definition) is 12. The first kappa shape index (κ1) is 42.8. The molecule has 0 bridgehead atoms. The minimum absolute atomic E-state index is 0. The minimum atomic E-state index is -2.92. The van der Waals surface area contributed by atoms with Gasteiger partial charge < -0.3 is 60.3 Å². The van der Waals surface area contributed by atoms with E-state index in [0.717, 1.165) is 0 Å². The molecule has 0 saturated carbocycles. The summed E-state index contributed by atoms with van der Waals surface area (Å²) in [6, 6.07) is 0. The Morgan fingerprint density at radius 3 is 0.263 bits per heavy atom. The quantitative estimate of drug-likeness (QED) is 0.207. The van der Waals surface area contributed by atoms with Crippen molar-refractivity contribution in [1.29, 1.82) is 0 Å². The third-order valence-corrected chi connectivity index (χ3v) is 0. The smallest absolute Gasteiger partial charge is 0.907 e. The maximum absolute atomic E-state index is 8.42. The zero-order chi connectivity index (χ0) is 14.3. The maximum Gasteiger partial charge on any atom is 4.00 e. The molecule has 108 valence electrons. The van der Waals surface area contributed by atoms with E-state index in [1.54, 1.807) is 0 Å². The van der Waals surface area contributed by atoms with Gasteiger partial charge in [-0.25, -0.2) is 0 Å². The van der Waals surface area contributed by atoms with Crippen molar-refractivity contribution >= 4 is 29.3 Å². The molecule has 0 aromatic heterocycles. The van der Waals surface area contributed by atoms with Gasteiger partial charge in [-0.1, -0.05) is 0 Å².